The summed E-state index contributed by atoms with van der Waals surface area (Å²) in [5.41, 5.74) is 0. The van der Waals surface area contributed by atoms with Gasteiger partial charge in [-0.3, -0.25) is 4.79 Å². The average Bonchev–Trinajstić information content (AvgIpc) is 1.96. The first-order valence-electron chi connectivity index (χ1n) is 3.07. The van der Waals surface area contributed by atoms with Crippen molar-refractivity contribution in [3.8, 4) is 0 Å². The predicted octanol–water partition coefficient (Wildman–Crippen LogP) is 2.30. The molecule has 0 aromatic rings. The Labute approximate surface area is 72.5 Å². The van der Waals surface area contributed by atoms with Gasteiger partial charge in [-0.1, -0.05) is 11.8 Å². The quantitative estimate of drug-likeness (QED) is 0.694. The summed E-state index contributed by atoms with van der Waals surface area (Å²) in [6.07, 6.45) is -2.57. The molecule has 1 unspecified atom stereocenters. The lowest BCUT2D eigenvalue weighted by atomic mass is 10.1. The maximum Gasteiger partial charge on any atom is 0.259 e. The first-order valence-corrected chi connectivity index (χ1v) is 4.43. The molecule has 0 aliphatic carbocycles. The van der Waals surface area contributed by atoms with Crippen LogP contribution in [0.5, 0.6) is 0 Å². The highest BCUT2D eigenvalue weighted by atomic mass is 35.5. The zero-order valence-electron chi connectivity index (χ0n) is 5.52. The van der Waals surface area contributed by atoms with E-state index in [-0.39, 0.29) is 17.5 Å². The third kappa shape index (κ3) is 2.30. The Bertz CT molecular complexity index is 165. The molecule has 1 fully saturated rings. The smallest absolute Gasteiger partial charge is 0.259 e. The van der Waals surface area contributed by atoms with Crippen LogP contribution in [0.25, 0.3) is 0 Å². The minimum absolute atomic E-state index is 0.0243. The van der Waals surface area contributed by atoms with E-state index in [1.54, 1.807) is 0 Å². The standard InChI is InChI=1S/C6H6ClF2OS/c7-4(5(8)9)1-3-2-11-6(3)10/h3,5H,1-2H2. The second kappa shape index (κ2) is 3.72. The Morgan fingerprint density at radius 1 is 1.82 bits per heavy atom. The van der Waals surface area contributed by atoms with Crippen LogP contribution >= 0.6 is 23.4 Å². The fourth-order valence-electron chi connectivity index (χ4n) is 0.736. The Kier molecular flexibility index (Phi) is 3.13. The summed E-state index contributed by atoms with van der Waals surface area (Å²) >= 11 is 6.36. The predicted molar refractivity (Wildman–Crippen MR) is 40.7 cm³/mol. The fourth-order valence-corrected chi connectivity index (χ4v) is 1.66. The second-order valence-corrected chi connectivity index (χ2v) is 3.79. The first kappa shape index (κ1) is 9.26. The Balaban J connectivity index is 2.25. The number of rotatable bonds is 3. The lowest BCUT2D eigenvalue weighted by Gasteiger charge is -2.23. The summed E-state index contributed by atoms with van der Waals surface area (Å²) in [5.74, 6) is 0.364. The summed E-state index contributed by atoms with van der Waals surface area (Å²) in [7, 11) is 0. The first-order chi connectivity index (χ1) is 5.11. The van der Waals surface area contributed by atoms with Gasteiger partial charge in [0, 0.05) is 11.7 Å². The highest BCUT2D eigenvalue weighted by Crippen LogP contribution is 2.36. The van der Waals surface area contributed by atoms with Crippen LogP contribution in [0.3, 0.4) is 0 Å². The van der Waals surface area contributed by atoms with Gasteiger partial charge in [0.25, 0.3) is 6.43 Å². The van der Waals surface area contributed by atoms with Crippen LogP contribution in [0.2, 0.25) is 0 Å². The van der Waals surface area contributed by atoms with Crippen molar-refractivity contribution in [1.29, 1.82) is 0 Å². The highest BCUT2D eigenvalue weighted by molar-refractivity contribution is 8.15. The van der Waals surface area contributed by atoms with Crippen molar-refractivity contribution in [1.82, 2.24) is 0 Å². The number of carbonyl (C=O) groups is 1. The number of hydrogen-bond acceptors (Lipinski definition) is 2. The topological polar surface area (TPSA) is 17.1 Å². The number of halogens is 3. The van der Waals surface area contributed by atoms with E-state index in [4.69, 9.17) is 11.6 Å². The van der Waals surface area contributed by atoms with E-state index in [1.807, 2.05) is 0 Å². The van der Waals surface area contributed by atoms with Gasteiger partial charge in [0.1, 0.15) is 5.38 Å². The summed E-state index contributed by atoms with van der Waals surface area (Å²) in [4.78, 5) is 10.6. The SMILES string of the molecule is O=C1SCC1C[C](Cl)C(F)F. The summed E-state index contributed by atoms with van der Waals surface area (Å²) in [6.45, 7) is 0. The van der Waals surface area contributed by atoms with E-state index >= 15 is 0 Å². The van der Waals surface area contributed by atoms with Gasteiger partial charge in [-0.05, 0) is 6.42 Å². The van der Waals surface area contributed by atoms with Crippen molar-refractivity contribution in [3.63, 3.8) is 0 Å². The molecule has 0 amide bonds. The van der Waals surface area contributed by atoms with Crippen LogP contribution in [0.1, 0.15) is 6.42 Å². The molecule has 0 N–H and O–H groups in total. The van der Waals surface area contributed by atoms with Crippen molar-refractivity contribution in [2.45, 2.75) is 12.8 Å². The average molecular weight is 200 g/mol. The summed E-state index contributed by atoms with van der Waals surface area (Å²) < 4.78 is 23.6. The second-order valence-electron chi connectivity index (χ2n) is 2.28. The minimum Gasteiger partial charge on any atom is -0.287 e. The van der Waals surface area contributed by atoms with Gasteiger partial charge >= 0.3 is 0 Å². The van der Waals surface area contributed by atoms with Crippen LogP contribution in [0.15, 0.2) is 0 Å². The summed E-state index contributed by atoms with van der Waals surface area (Å²) in [6, 6.07) is 0. The monoisotopic (exact) mass is 199 g/mol. The molecule has 0 aromatic heterocycles. The van der Waals surface area contributed by atoms with Gasteiger partial charge in [0.05, 0.1) is 0 Å². The Morgan fingerprint density at radius 3 is 2.73 bits per heavy atom. The minimum atomic E-state index is -2.60. The maximum absolute atomic E-state index is 11.8. The van der Waals surface area contributed by atoms with Gasteiger partial charge in [-0.25, -0.2) is 8.78 Å². The van der Waals surface area contributed by atoms with E-state index in [0.29, 0.717) is 5.75 Å². The zero-order valence-corrected chi connectivity index (χ0v) is 7.09. The molecule has 1 atom stereocenters. The van der Waals surface area contributed by atoms with Crippen LogP contribution in [-0.4, -0.2) is 17.3 Å². The lowest BCUT2D eigenvalue weighted by molar-refractivity contribution is -0.115. The highest BCUT2D eigenvalue weighted by Gasteiger charge is 2.34. The molecule has 1 heterocycles. The van der Waals surface area contributed by atoms with Gasteiger partial charge in [0.15, 0.2) is 5.12 Å². The van der Waals surface area contributed by atoms with Crippen molar-refractivity contribution in [3.05, 3.63) is 5.38 Å². The largest absolute Gasteiger partial charge is 0.287 e. The summed E-state index contributed by atoms with van der Waals surface area (Å²) in [5, 5.41) is -0.424. The van der Waals surface area contributed by atoms with Crippen molar-refractivity contribution < 1.29 is 13.6 Å². The maximum atomic E-state index is 11.8. The molecule has 0 saturated carbocycles. The molecule has 5 heteroatoms. The molecule has 1 nitrogen and oxygen atoms in total. The van der Waals surface area contributed by atoms with E-state index in [9.17, 15) is 13.6 Å². The van der Waals surface area contributed by atoms with Crippen LogP contribution in [0, 0.1) is 11.3 Å². The van der Waals surface area contributed by atoms with E-state index in [1.165, 1.54) is 11.8 Å². The van der Waals surface area contributed by atoms with Crippen LogP contribution in [-0.2, 0) is 4.79 Å². The fraction of sp³-hybridized carbons (Fsp3) is 0.667. The van der Waals surface area contributed by atoms with Crippen LogP contribution < -0.4 is 0 Å². The Hall–Kier alpha value is 0.170. The molecule has 1 radical (unpaired) electrons. The molecule has 1 rings (SSSR count). The number of carbonyl (C=O) groups excluding carboxylic acids is 1. The molecule has 0 bridgehead atoms. The van der Waals surface area contributed by atoms with Gasteiger partial charge in [-0.15, -0.1) is 11.6 Å². The van der Waals surface area contributed by atoms with Crippen molar-refractivity contribution in [2.24, 2.45) is 5.92 Å². The molecule has 63 valence electrons. The molecule has 11 heavy (non-hydrogen) atoms. The van der Waals surface area contributed by atoms with Crippen molar-refractivity contribution >= 4 is 28.5 Å². The third-order valence-corrected chi connectivity index (χ3v) is 2.94. The molecule has 1 aliphatic rings. The molecular weight excluding hydrogens is 194 g/mol. The molecule has 1 saturated heterocycles. The van der Waals surface area contributed by atoms with Gasteiger partial charge in [-0.2, -0.15) is 0 Å². The molecular formula is C6H6ClF2OS. The number of thioether (sulfide) groups is 1. The van der Waals surface area contributed by atoms with E-state index < -0.39 is 11.8 Å². The normalized spacial score (nSPS) is 24.5. The van der Waals surface area contributed by atoms with E-state index in [2.05, 4.69) is 0 Å². The zero-order chi connectivity index (χ0) is 8.43. The molecule has 0 spiro atoms. The van der Waals surface area contributed by atoms with Gasteiger partial charge < -0.3 is 0 Å². The Morgan fingerprint density at radius 2 is 2.45 bits per heavy atom. The molecule has 1 aliphatic heterocycles. The lowest BCUT2D eigenvalue weighted by Crippen LogP contribution is -2.27. The van der Waals surface area contributed by atoms with E-state index in [0.717, 1.165) is 0 Å². The number of alkyl halides is 2. The molecule has 0 aromatic carbocycles. The number of hydrogen-bond donors (Lipinski definition) is 0. The van der Waals surface area contributed by atoms with Crippen LogP contribution in [0.4, 0.5) is 8.78 Å². The van der Waals surface area contributed by atoms with Crippen molar-refractivity contribution in [2.75, 3.05) is 5.75 Å². The third-order valence-electron chi connectivity index (χ3n) is 1.44. The van der Waals surface area contributed by atoms with Gasteiger partial charge in [0.2, 0.25) is 0 Å².